The molecule has 0 fully saturated rings. The molecule has 0 N–H and O–H groups in total. The minimum atomic E-state index is -4.60. The van der Waals surface area contributed by atoms with Gasteiger partial charge in [-0.2, -0.15) is 18.3 Å². The van der Waals surface area contributed by atoms with E-state index in [9.17, 15) is 17.6 Å². The molecule has 0 radical (unpaired) electrons. The minimum absolute atomic E-state index is 0.0930. The van der Waals surface area contributed by atoms with E-state index in [0.717, 1.165) is 10.7 Å². The first kappa shape index (κ1) is 12.6. The van der Waals surface area contributed by atoms with E-state index >= 15 is 0 Å². The summed E-state index contributed by atoms with van der Waals surface area (Å²) in [5.74, 6) is -0.696. The first-order valence-electron chi connectivity index (χ1n) is 5.33. The van der Waals surface area contributed by atoms with E-state index in [4.69, 9.17) is 0 Å². The summed E-state index contributed by atoms with van der Waals surface area (Å²) in [6.07, 6.45) is -3.39. The van der Waals surface area contributed by atoms with Crippen LogP contribution >= 0.6 is 0 Å². The highest BCUT2D eigenvalue weighted by molar-refractivity contribution is 5.66. The number of halogens is 4. The molecule has 0 aliphatic heterocycles. The SMILES string of the molecule is CCn1cc(-c2ccccc2F)c(C(F)(F)F)n1. The average Bonchev–Trinajstić information content (AvgIpc) is 2.73. The normalized spacial score (nSPS) is 11.8. The molecule has 0 aliphatic carbocycles. The van der Waals surface area contributed by atoms with Crippen LogP contribution in [0.15, 0.2) is 30.5 Å². The molecule has 1 aromatic carbocycles. The van der Waals surface area contributed by atoms with Crippen molar-refractivity contribution in [1.82, 2.24) is 9.78 Å². The van der Waals surface area contributed by atoms with E-state index in [0.29, 0.717) is 0 Å². The van der Waals surface area contributed by atoms with Crippen molar-refractivity contribution in [2.24, 2.45) is 0 Å². The summed E-state index contributed by atoms with van der Waals surface area (Å²) in [5, 5.41) is 3.44. The molecule has 0 saturated heterocycles. The minimum Gasteiger partial charge on any atom is -0.272 e. The van der Waals surface area contributed by atoms with E-state index in [1.54, 1.807) is 6.92 Å². The van der Waals surface area contributed by atoms with Gasteiger partial charge in [0.15, 0.2) is 5.69 Å². The van der Waals surface area contributed by atoms with Crippen molar-refractivity contribution in [3.8, 4) is 11.1 Å². The number of aromatic nitrogens is 2. The molecule has 0 bridgehead atoms. The van der Waals surface area contributed by atoms with Crippen molar-refractivity contribution >= 4 is 0 Å². The van der Waals surface area contributed by atoms with Crippen LogP contribution < -0.4 is 0 Å². The summed E-state index contributed by atoms with van der Waals surface area (Å²) in [6.45, 7) is 1.95. The Morgan fingerprint density at radius 1 is 1.17 bits per heavy atom. The molecule has 96 valence electrons. The molecular weight excluding hydrogens is 248 g/mol. The van der Waals surface area contributed by atoms with E-state index < -0.39 is 17.7 Å². The Morgan fingerprint density at radius 2 is 1.83 bits per heavy atom. The summed E-state index contributed by atoms with van der Waals surface area (Å²) < 4.78 is 53.1. The molecule has 1 heterocycles. The quantitative estimate of drug-likeness (QED) is 0.750. The highest BCUT2D eigenvalue weighted by Gasteiger charge is 2.37. The molecule has 0 saturated carbocycles. The van der Waals surface area contributed by atoms with Crippen LogP contribution in [0.1, 0.15) is 12.6 Å². The van der Waals surface area contributed by atoms with Crippen molar-refractivity contribution in [2.75, 3.05) is 0 Å². The van der Waals surface area contributed by atoms with E-state index in [1.807, 2.05) is 0 Å². The van der Waals surface area contributed by atoms with Crippen LogP contribution in [0.2, 0.25) is 0 Å². The first-order valence-corrected chi connectivity index (χ1v) is 5.33. The van der Waals surface area contributed by atoms with Crippen molar-refractivity contribution in [2.45, 2.75) is 19.6 Å². The smallest absolute Gasteiger partial charge is 0.272 e. The van der Waals surface area contributed by atoms with Gasteiger partial charge >= 0.3 is 6.18 Å². The first-order chi connectivity index (χ1) is 8.43. The van der Waals surface area contributed by atoms with Crippen LogP contribution in [-0.2, 0) is 12.7 Å². The molecule has 2 rings (SSSR count). The van der Waals surface area contributed by atoms with Gasteiger partial charge in [0.1, 0.15) is 5.82 Å². The van der Waals surface area contributed by atoms with Crippen LogP contribution in [0, 0.1) is 5.82 Å². The van der Waals surface area contributed by atoms with Gasteiger partial charge in [0.2, 0.25) is 0 Å². The predicted molar refractivity (Wildman–Crippen MR) is 58.3 cm³/mol. The average molecular weight is 258 g/mol. The number of aryl methyl sites for hydroxylation is 1. The topological polar surface area (TPSA) is 17.8 Å². The third kappa shape index (κ3) is 2.23. The molecular formula is C12H10F4N2. The lowest BCUT2D eigenvalue weighted by Gasteiger charge is -2.06. The maximum atomic E-state index is 13.6. The van der Waals surface area contributed by atoms with Crippen LogP contribution in [-0.4, -0.2) is 9.78 Å². The van der Waals surface area contributed by atoms with Crippen molar-refractivity contribution < 1.29 is 17.6 Å². The number of hydrogen-bond acceptors (Lipinski definition) is 1. The van der Waals surface area contributed by atoms with Gasteiger partial charge in [0.25, 0.3) is 0 Å². The third-order valence-electron chi connectivity index (χ3n) is 2.52. The Balaban J connectivity index is 2.64. The highest BCUT2D eigenvalue weighted by atomic mass is 19.4. The zero-order valence-corrected chi connectivity index (χ0v) is 9.50. The largest absolute Gasteiger partial charge is 0.435 e. The maximum absolute atomic E-state index is 13.6. The Labute approximate surface area is 101 Å². The Hall–Kier alpha value is -1.85. The molecule has 1 aromatic heterocycles. The fraction of sp³-hybridized carbons (Fsp3) is 0.250. The van der Waals surface area contributed by atoms with Crippen molar-refractivity contribution in [1.29, 1.82) is 0 Å². The molecule has 0 unspecified atom stereocenters. The van der Waals surface area contributed by atoms with Crippen LogP contribution in [0.25, 0.3) is 11.1 Å². The molecule has 0 spiro atoms. The number of rotatable bonds is 2. The third-order valence-corrected chi connectivity index (χ3v) is 2.52. The summed E-state index contributed by atoms with van der Waals surface area (Å²) in [6, 6.07) is 5.35. The number of benzene rings is 1. The molecule has 18 heavy (non-hydrogen) atoms. The lowest BCUT2D eigenvalue weighted by atomic mass is 10.1. The maximum Gasteiger partial charge on any atom is 0.435 e. The number of alkyl halides is 3. The molecule has 2 aromatic rings. The van der Waals surface area contributed by atoms with Gasteiger partial charge in [-0.15, -0.1) is 0 Å². The highest BCUT2D eigenvalue weighted by Crippen LogP contribution is 2.36. The van der Waals surface area contributed by atoms with Gasteiger partial charge in [-0.25, -0.2) is 4.39 Å². The fourth-order valence-electron chi connectivity index (χ4n) is 1.67. The Bertz CT molecular complexity index is 557. The summed E-state index contributed by atoms with van der Waals surface area (Å²) in [4.78, 5) is 0. The van der Waals surface area contributed by atoms with Crippen LogP contribution in [0.5, 0.6) is 0 Å². The standard InChI is InChI=1S/C12H10F4N2/c1-2-18-7-9(11(17-18)12(14,15)16)8-5-3-4-6-10(8)13/h3-7H,2H2,1H3. The van der Waals surface area contributed by atoms with Gasteiger partial charge in [-0.3, -0.25) is 4.68 Å². The van der Waals surface area contributed by atoms with Crippen LogP contribution in [0.4, 0.5) is 17.6 Å². The monoisotopic (exact) mass is 258 g/mol. The predicted octanol–water partition coefficient (Wildman–Crippen LogP) is 3.73. The lowest BCUT2D eigenvalue weighted by molar-refractivity contribution is -0.141. The van der Waals surface area contributed by atoms with Crippen molar-refractivity contribution in [3.05, 3.63) is 42.0 Å². The van der Waals surface area contributed by atoms with E-state index in [1.165, 1.54) is 24.4 Å². The summed E-state index contributed by atoms with van der Waals surface area (Å²) in [5.41, 5.74) is -1.39. The van der Waals surface area contributed by atoms with Crippen molar-refractivity contribution in [3.63, 3.8) is 0 Å². The number of nitrogens with zero attached hydrogens (tertiary/aromatic N) is 2. The van der Waals surface area contributed by atoms with Gasteiger partial charge in [0.05, 0.1) is 0 Å². The zero-order valence-electron chi connectivity index (χ0n) is 9.50. The molecule has 0 atom stereocenters. The second-order valence-corrected chi connectivity index (χ2v) is 3.72. The van der Waals surface area contributed by atoms with Gasteiger partial charge in [0, 0.05) is 23.9 Å². The van der Waals surface area contributed by atoms with Gasteiger partial charge in [-0.1, -0.05) is 18.2 Å². The Morgan fingerprint density at radius 3 is 2.39 bits per heavy atom. The lowest BCUT2D eigenvalue weighted by Crippen LogP contribution is -2.09. The summed E-state index contributed by atoms with van der Waals surface area (Å²) >= 11 is 0. The van der Waals surface area contributed by atoms with Gasteiger partial charge in [-0.05, 0) is 13.0 Å². The van der Waals surface area contributed by atoms with E-state index in [-0.39, 0.29) is 17.7 Å². The molecule has 2 nitrogen and oxygen atoms in total. The molecule has 6 heteroatoms. The molecule has 0 aliphatic rings. The van der Waals surface area contributed by atoms with Crippen LogP contribution in [0.3, 0.4) is 0 Å². The Kier molecular flexibility index (Phi) is 3.11. The summed E-state index contributed by atoms with van der Waals surface area (Å²) in [7, 11) is 0. The number of hydrogen-bond donors (Lipinski definition) is 0. The fourth-order valence-corrected chi connectivity index (χ4v) is 1.67. The zero-order chi connectivity index (χ0) is 13.3. The molecule has 0 amide bonds. The second-order valence-electron chi connectivity index (χ2n) is 3.72. The second kappa shape index (κ2) is 4.44. The van der Waals surface area contributed by atoms with E-state index in [2.05, 4.69) is 5.10 Å². The van der Waals surface area contributed by atoms with Gasteiger partial charge < -0.3 is 0 Å².